The van der Waals surface area contributed by atoms with Gasteiger partial charge in [0.2, 0.25) is 11.8 Å². The van der Waals surface area contributed by atoms with Gasteiger partial charge in [0, 0.05) is 23.4 Å². The van der Waals surface area contributed by atoms with Gasteiger partial charge in [-0.2, -0.15) is 4.98 Å². The van der Waals surface area contributed by atoms with Gasteiger partial charge >= 0.3 is 5.69 Å². The first kappa shape index (κ1) is 22.2. The fourth-order valence-electron chi connectivity index (χ4n) is 2.79. The minimum Gasteiger partial charge on any atom is -0.394 e. The molecule has 1 aliphatic heterocycles. The number of aromatic nitrogens is 2. The van der Waals surface area contributed by atoms with Gasteiger partial charge in [-0.05, 0) is 6.07 Å². The highest BCUT2D eigenvalue weighted by atomic mass is 16.5. The molecule has 9 nitrogen and oxygen atoms in total. The first-order valence-corrected chi connectivity index (χ1v) is 9.20. The zero-order valence-electron chi connectivity index (χ0n) is 17.2. The standard InChI is InChI=1S/C19H29N3O6/c1-18(2,3)15(25)22(16(26)19(4,5)6)13-7-8-21(17(27)20-13)14-12(24)9-11(10-23)28-14/h7-8,11-12,14,23-24H,9-10H2,1-6H3/t11-,12-,14+/m0/s1. The second kappa shape index (κ2) is 7.73. The quantitative estimate of drug-likeness (QED) is 0.777. The van der Waals surface area contributed by atoms with Crippen LogP contribution in [-0.4, -0.2) is 50.4 Å². The summed E-state index contributed by atoms with van der Waals surface area (Å²) in [5, 5.41) is 19.3. The van der Waals surface area contributed by atoms with Crippen molar-refractivity contribution in [2.75, 3.05) is 11.5 Å². The fourth-order valence-corrected chi connectivity index (χ4v) is 2.79. The molecule has 0 bridgehead atoms. The summed E-state index contributed by atoms with van der Waals surface area (Å²) in [5.41, 5.74) is -2.50. The van der Waals surface area contributed by atoms with E-state index in [1.807, 2.05) is 0 Å². The number of imide groups is 1. The molecule has 0 aromatic carbocycles. The third-order valence-corrected chi connectivity index (χ3v) is 4.38. The van der Waals surface area contributed by atoms with Gasteiger partial charge in [0.1, 0.15) is 11.9 Å². The molecule has 0 spiro atoms. The molecule has 9 heteroatoms. The summed E-state index contributed by atoms with van der Waals surface area (Å²) in [6.45, 7) is 9.79. The van der Waals surface area contributed by atoms with E-state index in [1.54, 1.807) is 41.5 Å². The normalized spacial score (nSPS) is 22.9. The van der Waals surface area contributed by atoms with Crippen molar-refractivity contribution in [2.24, 2.45) is 10.8 Å². The SMILES string of the molecule is CC(C)(C)C(=O)N(C(=O)C(C)(C)C)c1ccn([C@@H]2O[C@H](CO)C[C@@H]2O)c(=O)n1. The van der Waals surface area contributed by atoms with Crippen molar-refractivity contribution in [1.82, 2.24) is 9.55 Å². The van der Waals surface area contributed by atoms with E-state index in [0.717, 1.165) is 9.47 Å². The van der Waals surface area contributed by atoms with E-state index in [0.29, 0.717) is 0 Å². The van der Waals surface area contributed by atoms with Crippen LogP contribution < -0.4 is 10.6 Å². The van der Waals surface area contributed by atoms with Crippen molar-refractivity contribution < 1.29 is 24.5 Å². The van der Waals surface area contributed by atoms with Crippen LogP contribution in [0.4, 0.5) is 5.82 Å². The van der Waals surface area contributed by atoms with Gasteiger partial charge in [-0.15, -0.1) is 0 Å². The van der Waals surface area contributed by atoms with E-state index in [4.69, 9.17) is 4.74 Å². The molecule has 28 heavy (non-hydrogen) atoms. The molecule has 2 heterocycles. The number of carbonyl (C=O) groups excluding carboxylic acids is 2. The lowest BCUT2D eigenvalue weighted by Gasteiger charge is -2.31. The molecule has 1 aromatic rings. The first-order valence-electron chi connectivity index (χ1n) is 9.20. The van der Waals surface area contributed by atoms with E-state index >= 15 is 0 Å². The molecule has 0 aliphatic carbocycles. The Balaban J connectivity index is 2.46. The average Bonchev–Trinajstić information content (AvgIpc) is 2.94. The largest absolute Gasteiger partial charge is 0.394 e. The van der Waals surface area contributed by atoms with Crippen molar-refractivity contribution in [3.05, 3.63) is 22.7 Å². The van der Waals surface area contributed by atoms with E-state index in [9.17, 15) is 24.6 Å². The van der Waals surface area contributed by atoms with E-state index in [2.05, 4.69) is 4.98 Å². The van der Waals surface area contributed by atoms with Crippen LogP contribution in [0.1, 0.15) is 54.2 Å². The molecule has 0 saturated carbocycles. The molecule has 0 unspecified atom stereocenters. The third-order valence-electron chi connectivity index (χ3n) is 4.38. The molecule has 1 aromatic heterocycles. The molecule has 3 atom stereocenters. The van der Waals surface area contributed by atoms with Gasteiger partial charge < -0.3 is 14.9 Å². The van der Waals surface area contributed by atoms with Crippen LogP contribution in [0.15, 0.2) is 17.1 Å². The molecule has 2 N–H and O–H groups in total. The van der Waals surface area contributed by atoms with Gasteiger partial charge in [0.25, 0.3) is 0 Å². The van der Waals surface area contributed by atoms with Crippen LogP contribution in [0.2, 0.25) is 0 Å². The van der Waals surface area contributed by atoms with Crippen molar-refractivity contribution in [1.29, 1.82) is 0 Å². The van der Waals surface area contributed by atoms with Gasteiger partial charge in [-0.25, -0.2) is 9.69 Å². The van der Waals surface area contributed by atoms with Crippen LogP contribution >= 0.6 is 0 Å². The topological polar surface area (TPSA) is 122 Å². The number of amides is 2. The summed E-state index contributed by atoms with van der Waals surface area (Å²) in [6, 6.07) is 1.37. The lowest BCUT2D eigenvalue weighted by molar-refractivity contribution is -0.134. The average molecular weight is 395 g/mol. The Morgan fingerprint density at radius 3 is 2.14 bits per heavy atom. The fraction of sp³-hybridized carbons (Fsp3) is 0.684. The minimum absolute atomic E-state index is 0.0766. The van der Waals surface area contributed by atoms with Crippen LogP contribution in [0.25, 0.3) is 0 Å². The van der Waals surface area contributed by atoms with Gasteiger partial charge in [-0.1, -0.05) is 41.5 Å². The Bertz CT molecular complexity index is 779. The highest BCUT2D eigenvalue weighted by molar-refractivity contribution is 6.17. The Hall–Kier alpha value is -2.10. The molecule has 2 amide bonds. The number of nitrogens with zero attached hydrogens (tertiary/aromatic N) is 3. The van der Waals surface area contributed by atoms with Crippen LogP contribution in [0.5, 0.6) is 0 Å². The van der Waals surface area contributed by atoms with Gasteiger partial charge in [-0.3, -0.25) is 14.2 Å². The number of ether oxygens (including phenoxy) is 1. The molecule has 156 valence electrons. The summed E-state index contributed by atoms with van der Waals surface area (Å²) < 4.78 is 6.56. The summed E-state index contributed by atoms with van der Waals surface area (Å²) in [6.07, 6.45) is -1.03. The molecule has 1 fully saturated rings. The Labute approximate surface area is 163 Å². The van der Waals surface area contributed by atoms with E-state index < -0.39 is 46.8 Å². The summed E-state index contributed by atoms with van der Waals surface area (Å²) in [7, 11) is 0. The van der Waals surface area contributed by atoms with Gasteiger partial charge in [0.05, 0.1) is 12.7 Å². The summed E-state index contributed by atoms with van der Waals surface area (Å²) in [4.78, 5) is 43.2. The molecular weight excluding hydrogens is 366 g/mol. The lowest BCUT2D eigenvalue weighted by Crippen LogP contribution is -2.49. The zero-order valence-corrected chi connectivity index (χ0v) is 17.2. The number of hydrogen-bond acceptors (Lipinski definition) is 7. The number of rotatable bonds is 3. The molecule has 0 radical (unpaired) electrons. The monoisotopic (exact) mass is 395 g/mol. The number of hydrogen-bond donors (Lipinski definition) is 2. The smallest absolute Gasteiger partial charge is 0.351 e. The van der Waals surface area contributed by atoms with Crippen molar-refractivity contribution in [3.63, 3.8) is 0 Å². The number of aliphatic hydroxyl groups is 2. The second-order valence-electron chi connectivity index (χ2n) is 9.06. The molecular formula is C19H29N3O6. The molecule has 2 rings (SSSR count). The highest BCUT2D eigenvalue weighted by Crippen LogP contribution is 2.29. The summed E-state index contributed by atoms with van der Waals surface area (Å²) in [5.74, 6) is -1.03. The maximum atomic E-state index is 12.9. The van der Waals surface area contributed by atoms with Crippen LogP contribution in [0, 0.1) is 10.8 Å². The van der Waals surface area contributed by atoms with Crippen LogP contribution in [-0.2, 0) is 14.3 Å². The number of aliphatic hydroxyl groups excluding tert-OH is 2. The van der Waals surface area contributed by atoms with Gasteiger partial charge in [0.15, 0.2) is 6.23 Å². The first-order chi connectivity index (χ1) is 12.8. The van der Waals surface area contributed by atoms with E-state index in [-0.39, 0.29) is 18.8 Å². The number of carbonyl (C=O) groups is 2. The minimum atomic E-state index is -0.990. The zero-order chi connectivity index (χ0) is 21.4. The second-order valence-corrected chi connectivity index (χ2v) is 9.06. The third kappa shape index (κ3) is 4.48. The lowest BCUT2D eigenvalue weighted by atomic mass is 9.90. The Kier molecular flexibility index (Phi) is 6.13. The van der Waals surface area contributed by atoms with E-state index in [1.165, 1.54) is 12.3 Å². The van der Waals surface area contributed by atoms with Crippen LogP contribution in [0.3, 0.4) is 0 Å². The molecule has 1 saturated heterocycles. The van der Waals surface area contributed by atoms with Crippen molar-refractivity contribution in [2.45, 2.75) is 66.4 Å². The number of anilines is 1. The predicted octanol–water partition coefficient (Wildman–Crippen LogP) is 0.836. The summed E-state index contributed by atoms with van der Waals surface area (Å²) >= 11 is 0. The van der Waals surface area contributed by atoms with Crippen molar-refractivity contribution >= 4 is 17.6 Å². The maximum absolute atomic E-state index is 12.9. The Morgan fingerprint density at radius 2 is 1.75 bits per heavy atom. The molecule has 1 aliphatic rings. The van der Waals surface area contributed by atoms with Crippen molar-refractivity contribution in [3.8, 4) is 0 Å². The maximum Gasteiger partial charge on any atom is 0.351 e. The predicted molar refractivity (Wildman–Crippen MR) is 102 cm³/mol. The Morgan fingerprint density at radius 1 is 1.21 bits per heavy atom. The highest BCUT2D eigenvalue weighted by Gasteiger charge is 2.39.